The summed E-state index contributed by atoms with van der Waals surface area (Å²) in [6.07, 6.45) is 0. The predicted molar refractivity (Wildman–Crippen MR) is 86.2 cm³/mol. The van der Waals surface area contributed by atoms with Crippen molar-refractivity contribution in [3.8, 4) is 5.75 Å². The first-order valence-electron chi connectivity index (χ1n) is 7.25. The summed E-state index contributed by atoms with van der Waals surface area (Å²) in [5.41, 5.74) is 2.95. The van der Waals surface area contributed by atoms with Gasteiger partial charge in [0, 0.05) is 6.54 Å². The largest absolute Gasteiger partial charge is 0.507 e. The Labute approximate surface area is 134 Å². The fourth-order valence-corrected chi connectivity index (χ4v) is 2.08. The smallest absolute Gasteiger partial charge is 0.342 e. The molecular weight excluding hydrogens is 294 g/mol. The zero-order chi connectivity index (χ0) is 16.8. The molecule has 2 rings (SSSR count). The Bertz CT molecular complexity index is 725. The molecule has 2 N–H and O–H groups in total. The zero-order valence-corrected chi connectivity index (χ0v) is 13.1. The second-order valence-corrected chi connectivity index (χ2v) is 5.30. The molecule has 0 aromatic heterocycles. The van der Waals surface area contributed by atoms with E-state index in [1.165, 1.54) is 12.1 Å². The van der Waals surface area contributed by atoms with Crippen LogP contribution in [0.1, 0.15) is 27.0 Å². The summed E-state index contributed by atoms with van der Waals surface area (Å²) in [4.78, 5) is 23.6. The van der Waals surface area contributed by atoms with Crippen LogP contribution in [-0.2, 0) is 16.1 Å². The van der Waals surface area contributed by atoms with Crippen LogP contribution in [0, 0.1) is 13.8 Å². The van der Waals surface area contributed by atoms with Crippen LogP contribution in [0.2, 0.25) is 0 Å². The van der Waals surface area contributed by atoms with Crippen molar-refractivity contribution in [1.29, 1.82) is 0 Å². The first-order valence-corrected chi connectivity index (χ1v) is 7.25. The second kappa shape index (κ2) is 7.45. The molecule has 2 aromatic rings. The number of aromatic hydroxyl groups is 1. The SMILES string of the molecule is Cc1ccc(C(=O)OCC(=O)NCc2ccccc2C)c(O)c1. The summed E-state index contributed by atoms with van der Waals surface area (Å²) >= 11 is 0. The lowest BCUT2D eigenvalue weighted by Gasteiger charge is -2.09. The maximum Gasteiger partial charge on any atom is 0.342 e. The lowest BCUT2D eigenvalue weighted by Crippen LogP contribution is -2.28. The molecule has 0 aliphatic carbocycles. The van der Waals surface area contributed by atoms with Crippen molar-refractivity contribution in [1.82, 2.24) is 5.32 Å². The molecule has 2 aromatic carbocycles. The van der Waals surface area contributed by atoms with Crippen molar-refractivity contribution in [3.63, 3.8) is 0 Å². The molecule has 5 nitrogen and oxygen atoms in total. The van der Waals surface area contributed by atoms with Crippen molar-refractivity contribution in [2.24, 2.45) is 0 Å². The maximum absolute atomic E-state index is 11.8. The number of phenols is 1. The summed E-state index contributed by atoms with van der Waals surface area (Å²) < 4.78 is 4.92. The molecule has 0 aliphatic rings. The number of rotatable bonds is 5. The van der Waals surface area contributed by atoms with Crippen LogP contribution in [0.4, 0.5) is 0 Å². The molecule has 23 heavy (non-hydrogen) atoms. The highest BCUT2D eigenvalue weighted by Crippen LogP contribution is 2.19. The molecule has 0 aliphatic heterocycles. The van der Waals surface area contributed by atoms with E-state index in [2.05, 4.69) is 5.32 Å². The molecule has 0 radical (unpaired) electrons. The van der Waals surface area contributed by atoms with Gasteiger partial charge in [0.25, 0.3) is 5.91 Å². The minimum atomic E-state index is -0.728. The second-order valence-electron chi connectivity index (χ2n) is 5.30. The van der Waals surface area contributed by atoms with Crippen molar-refractivity contribution in [2.45, 2.75) is 20.4 Å². The van der Waals surface area contributed by atoms with E-state index in [4.69, 9.17) is 4.74 Å². The quantitative estimate of drug-likeness (QED) is 0.832. The van der Waals surface area contributed by atoms with Gasteiger partial charge in [-0.1, -0.05) is 30.3 Å². The number of amides is 1. The first-order chi connectivity index (χ1) is 11.0. The van der Waals surface area contributed by atoms with Gasteiger partial charge < -0.3 is 15.2 Å². The van der Waals surface area contributed by atoms with Gasteiger partial charge in [-0.2, -0.15) is 0 Å². The summed E-state index contributed by atoms with van der Waals surface area (Å²) in [5.74, 6) is -1.28. The van der Waals surface area contributed by atoms with Crippen LogP contribution in [0.15, 0.2) is 42.5 Å². The third-order valence-electron chi connectivity index (χ3n) is 3.44. The summed E-state index contributed by atoms with van der Waals surface area (Å²) in [6.45, 7) is 3.74. The van der Waals surface area contributed by atoms with Crippen molar-refractivity contribution in [2.75, 3.05) is 6.61 Å². The van der Waals surface area contributed by atoms with Gasteiger partial charge in [0.15, 0.2) is 6.61 Å². The van der Waals surface area contributed by atoms with Gasteiger partial charge in [0.1, 0.15) is 11.3 Å². The third-order valence-corrected chi connectivity index (χ3v) is 3.44. The van der Waals surface area contributed by atoms with E-state index < -0.39 is 18.5 Å². The Morgan fingerprint density at radius 3 is 2.57 bits per heavy atom. The molecule has 0 fully saturated rings. The normalized spacial score (nSPS) is 10.2. The highest BCUT2D eigenvalue weighted by molar-refractivity contribution is 5.93. The van der Waals surface area contributed by atoms with Gasteiger partial charge in [-0.05, 0) is 42.7 Å². The third kappa shape index (κ3) is 4.57. The molecule has 0 bridgehead atoms. The molecule has 0 spiro atoms. The Balaban J connectivity index is 1.84. The van der Waals surface area contributed by atoms with Crippen LogP contribution in [0.5, 0.6) is 5.75 Å². The first kappa shape index (κ1) is 16.5. The van der Waals surface area contributed by atoms with Gasteiger partial charge in [-0.25, -0.2) is 4.79 Å². The van der Waals surface area contributed by atoms with Gasteiger partial charge in [0.05, 0.1) is 0 Å². The number of nitrogens with one attached hydrogen (secondary N) is 1. The number of carbonyl (C=O) groups excluding carboxylic acids is 2. The lowest BCUT2D eigenvalue weighted by molar-refractivity contribution is -0.124. The van der Waals surface area contributed by atoms with Gasteiger partial charge >= 0.3 is 5.97 Å². The van der Waals surface area contributed by atoms with E-state index in [-0.39, 0.29) is 11.3 Å². The number of benzene rings is 2. The summed E-state index contributed by atoms with van der Waals surface area (Å²) in [7, 11) is 0. The molecule has 0 unspecified atom stereocenters. The average molecular weight is 313 g/mol. The van der Waals surface area contributed by atoms with E-state index >= 15 is 0 Å². The van der Waals surface area contributed by atoms with Crippen LogP contribution in [-0.4, -0.2) is 23.6 Å². The number of hydrogen-bond donors (Lipinski definition) is 2. The van der Waals surface area contributed by atoms with Crippen LogP contribution >= 0.6 is 0 Å². The van der Waals surface area contributed by atoms with Gasteiger partial charge in [0.2, 0.25) is 0 Å². The highest BCUT2D eigenvalue weighted by Gasteiger charge is 2.14. The minimum Gasteiger partial charge on any atom is -0.507 e. The highest BCUT2D eigenvalue weighted by atomic mass is 16.5. The topological polar surface area (TPSA) is 75.6 Å². The number of carbonyl (C=O) groups is 2. The molecule has 1 amide bonds. The molecule has 5 heteroatoms. The number of hydrogen-bond acceptors (Lipinski definition) is 4. The van der Waals surface area contributed by atoms with E-state index in [9.17, 15) is 14.7 Å². The van der Waals surface area contributed by atoms with E-state index in [0.29, 0.717) is 6.54 Å². The van der Waals surface area contributed by atoms with E-state index in [1.54, 1.807) is 13.0 Å². The summed E-state index contributed by atoms with van der Waals surface area (Å²) in [5, 5.41) is 12.4. The van der Waals surface area contributed by atoms with E-state index in [1.807, 2.05) is 31.2 Å². The standard InChI is InChI=1S/C18H19NO4/c1-12-7-8-15(16(20)9-12)18(22)23-11-17(21)19-10-14-6-4-3-5-13(14)2/h3-9,20H,10-11H2,1-2H3,(H,19,21). The van der Waals surface area contributed by atoms with Crippen LogP contribution in [0.25, 0.3) is 0 Å². The Hall–Kier alpha value is -2.82. The maximum atomic E-state index is 11.8. The monoisotopic (exact) mass is 313 g/mol. The fourth-order valence-electron chi connectivity index (χ4n) is 2.08. The molecule has 0 atom stereocenters. The number of aryl methyl sites for hydroxylation is 2. The minimum absolute atomic E-state index is 0.0438. The Morgan fingerprint density at radius 1 is 1.13 bits per heavy atom. The van der Waals surface area contributed by atoms with Gasteiger partial charge in [-0.3, -0.25) is 4.79 Å². The van der Waals surface area contributed by atoms with Crippen molar-refractivity contribution >= 4 is 11.9 Å². The lowest BCUT2D eigenvalue weighted by atomic mass is 10.1. The molecule has 120 valence electrons. The Morgan fingerprint density at radius 2 is 1.87 bits per heavy atom. The van der Waals surface area contributed by atoms with E-state index in [0.717, 1.165) is 16.7 Å². The van der Waals surface area contributed by atoms with Crippen molar-refractivity contribution < 1.29 is 19.4 Å². The molecule has 0 saturated carbocycles. The number of ether oxygens (including phenoxy) is 1. The average Bonchev–Trinajstić information content (AvgIpc) is 2.52. The fraction of sp³-hybridized carbons (Fsp3) is 0.222. The van der Waals surface area contributed by atoms with Crippen molar-refractivity contribution in [3.05, 3.63) is 64.7 Å². The zero-order valence-electron chi connectivity index (χ0n) is 13.1. The van der Waals surface area contributed by atoms with Crippen LogP contribution < -0.4 is 5.32 Å². The predicted octanol–water partition coefficient (Wildman–Crippen LogP) is 2.48. The number of phenolic OH excluding ortho intramolecular Hbond substituents is 1. The molecule has 0 heterocycles. The molecule has 0 saturated heterocycles. The summed E-state index contributed by atoms with van der Waals surface area (Å²) in [6, 6.07) is 12.3. The number of esters is 1. The Kier molecular flexibility index (Phi) is 5.36. The van der Waals surface area contributed by atoms with Gasteiger partial charge in [-0.15, -0.1) is 0 Å². The van der Waals surface area contributed by atoms with Crippen LogP contribution in [0.3, 0.4) is 0 Å². The molecular formula is C18H19NO4.